The van der Waals surface area contributed by atoms with Crippen LogP contribution in [0.15, 0.2) is 0 Å². The third-order valence-corrected chi connectivity index (χ3v) is 4.40. The van der Waals surface area contributed by atoms with Gasteiger partial charge in [0.2, 0.25) is 5.91 Å². The molecule has 0 saturated heterocycles. The van der Waals surface area contributed by atoms with Crippen molar-refractivity contribution in [2.24, 2.45) is 17.8 Å². The average Bonchev–Trinajstić information content (AvgIpc) is 2.60. The zero-order valence-electron chi connectivity index (χ0n) is 13.0. The van der Waals surface area contributed by atoms with Crippen molar-refractivity contribution in [1.82, 2.24) is 5.32 Å². The largest absolute Gasteiger partial charge is 0.481 e. The maximum Gasteiger partial charge on any atom is 0.308 e. The van der Waals surface area contributed by atoms with Crippen LogP contribution in [0.5, 0.6) is 0 Å². The number of carbonyl (C=O) groups excluding carboxylic acids is 1. The molecule has 1 fully saturated rings. The molecule has 0 aromatic carbocycles. The highest BCUT2D eigenvalue weighted by Crippen LogP contribution is 2.25. The highest BCUT2D eigenvalue weighted by atomic mass is 16.4. The molecule has 1 rings (SSSR count). The molecule has 1 unspecified atom stereocenters. The second-order valence-electron chi connectivity index (χ2n) is 6.34. The summed E-state index contributed by atoms with van der Waals surface area (Å²) in [4.78, 5) is 23.8. The lowest BCUT2D eigenvalue weighted by molar-refractivity contribution is -0.143. The van der Waals surface area contributed by atoms with Gasteiger partial charge in [-0.3, -0.25) is 9.59 Å². The first-order valence-corrected chi connectivity index (χ1v) is 8.00. The molecule has 116 valence electrons. The number of rotatable bonds is 6. The Morgan fingerprint density at radius 3 is 2.40 bits per heavy atom. The topological polar surface area (TPSA) is 66.4 Å². The number of carboxylic acid groups (broad SMARTS) is 1. The first-order chi connectivity index (χ1) is 9.47. The normalized spacial score (nSPS) is 25.0. The van der Waals surface area contributed by atoms with Crippen LogP contribution in [0, 0.1) is 17.8 Å². The molecule has 4 nitrogen and oxygen atoms in total. The van der Waals surface area contributed by atoms with Crippen molar-refractivity contribution < 1.29 is 14.7 Å². The molecule has 1 aliphatic rings. The van der Waals surface area contributed by atoms with E-state index >= 15 is 0 Å². The molecule has 0 aromatic heterocycles. The summed E-state index contributed by atoms with van der Waals surface area (Å²) < 4.78 is 0. The van der Waals surface area contributed by atoms with Gasteiger partial charge in [-0.15, -0.1) is 0 Å². The van der Waals surface area contributed by atoms with Gasteiger partial charge in [0, 0.05) is 12.0 Å². The average molecular weight is 283 g/mol. The van der Waals surface area contributed by atoms with Gasteiger partial charge in [-0.05, 0) is 25.2 Å². The zero-order chi connectivity index (χ0) is 15.1. The summed E-state index contributed by atoms with van der Waals surface area (Å²) in [5.74, 6) is -0.855. The molecule has 20 heavy (non-hydrogen) atoms. The molecule has 2 N–H and O–H groups in total. The van der Waals surface area contributed by atoms with Crippen molar-refractivity contribution >= 4 is 11.9 Å². The van der Waals surface area contributed by atoms with E-state index in [-0.39, 0.29) is 17.9 Å². The van der Waals surface area contributed by atoms with Crippen LogP contribution in [0.3, 0.4) is 0 Å². The monoisotopic (exact) mass is 283 g/mol. The van der Waals surface area contributed by atoms with E-state index in [0.717, 1.165) is 38.5 Å². The minimum absolute atomic E-state index is 0.00213. The van der Waals surface area contributed by atoms with Crippen LogP contribution < -0.4 is 5.32 Å². The van der Waals surface area contributed by atoms with Gasteiger partial charge < -0.3 is 10.4 Å². The van der Waals surface area contributed by atoms with E-state index in [4.69, 9.17) is 0 Å². The lowest BCUT2D eigenvalue weighted by atomic mass is 9.88. The van der Waals surface area contributed by atoms with Gasteiger partial charge in [0.05, 0.1) is 5.92 Å². The van der Waals surface area contributed by atoms with E-state index in [1.165, 1.54) is 0 Å². The standard InChI is InChI=1S/C16H29NO3/c1-4-8-12(11(2)3)15(18)17-14-10-7-5-6-9-13(14)16(19)20/h11-14H,4-10H2,1-3H3,(H,17,18)(H,19,20)/t12?,13-,14+/m1/s1. The Balaban J connectivity index is 2.71. The van der Waals surface area contributed by atoms with E-state index in [1.807, 2.05) is 0 Å². The summed E-state index contributed by atoms with van der Waals surface area (Å²) in [6.07, 6.45) is 6.34. The molecule has 0 aliphatic heterocycles. The van der Waals surface area contributed by atoms with E-state index in [1.54, 1.807) is 0 Å². The summed E-state index contributed by atoms with van der Waals surface area (Å²) in [6, 6.07) is -0.194. The summed E-state index contributed by atoms with van der Waals surface area (Å²) in [5, 5.41) is 12.4. The number of hydrogen-bond donors (Lipinski definition) is 2. The van der Waals surface area contributed by atoms with Crippen LogP contribution in [-0.2, 0) is 9.59 Å². The van der Waals surface area contributed by atoms with Crippen molar-refractivity contribution in [3.8, 4) is 0 Å². The highest BCUT2D eigenvalue weighted by Gasteiger charge is 2.32. The van der Waals surface area contributed by atoms with Gasteiger partial charge in [-0.1, -0.05) is 46.5 Å². The van der Waals surface area contributed by atoms with Crippen molar-refractivity contribution in [2.75, 3.05) is 0 Å². The number of nitrogens with one attached hydrogen (secondary N) is 1. The summed E-state index contributed by atoms with van der Waals surface area (Å²) in [5.41, 5.74) is 0. The fourth-order valence-corrected chi connectivity index (χ4v) is 3.14. The molecule has 3 atom stereocenters. The predicted molar refractivity (Wildman–Crippen MR) is 79.4 cm³/mol. The predicted octanol–water partition coefficient (Wildman–Crippen LogP) is 3.21. The number of carboxylic acids is 1. The minimum Gasteiger partial charge on any atom is -0.481 e. The van der Waals surface area contributed by atoms with Crippen LogP contribution in [0.25, 0.3) is 0 Å². The van der Waals surface area contributed by atoms with Gasteiger partial charge in [-0.2, -0.15) is 0 Å². The Labute approximate surface area is 122 Å². The van der Waals surface area contributed by atoms with E-state index in [2.05, 4.69) is 26.1 Å². The summed E-state index contributed by atoms with van der Waals surface area (Å²) in [6.45, 7) is 6.19. The number of carbonyl (C=O) groups is 2. The second kappa shape index (κ2) is 8.28. The Bertz CT molecular complexity index is 328. The Kier molecular flexibility index (Phi) is 7.03. The van der Waals surface area contributed by atoms with Gasteiger partial charge in [0.1, 0.15) is 0 Å². The third kappa shape index (κ3) is 4.80. The number of amides is 1. The first-order valence-electron chi connectivity index (χ1n) is 8.00. The maximum absolute atomic E-state index is 12.4. The lowest BCUT2D eigenvalue weighted by Crippen LogP contribution is -2.46. The van der Waals surface area contributed by atoms with Crippen LogP contribution in [0.4, 0.5) is 0 Å². The van der Waals surface area contributed by atoms with Gasteiger partial charge in [0.15, 0.2) is 0 Å². The van der Waals surface area contributed by atoms with Crippen molar-refractivity contribution in [3.05, 3.63) is 0 Å². The van der Waals surface area contributed by atoms with E-state index in [9.17, 15) is 14.7 Å². The smallest absolute Gasteiger partial charge is 0.308 e. The fraction of sp³-hybridized carbons (Fsp3) is 0.875. The molecule has 1 saturated carbocycles. The van der Waals surface area contributed by atoms with Crippen molar-refractivity contribution in [2.45, 2.75) is 71.8 Å². The molecular formula is C16H29NO3. The van der Waals surface area contributed by atoms with E-state index in [0.29, 0.717) is 12.3 Å². The van der Waals surface area contributed by atoms with Crippen LogP contribution in [-0.4, -0.2) is 23.0 Å². The second-order valence-corrected chi connectivity index (χ2v) is 6.34. The van der Waals surface area contributed by atoms with Crippen molar-refractivity contribution in [1.29, 1.82) is 0 Å². The third-order valence-electron chi connectivity index (χ3n) is 4.40. The highest BCUT2D eigenvalue weighted by molar-refractivity contribution is 5.80. The molecular weight excluding hydrogens is 254 g/mol. The van der Waals surface area contributed by atoms with Crippen molar-refractivity contribution in [3.63, 3.8) is 0 Å². The maximum atomic E-state index is 12.4. The Hall–Kier alpha value is -1.06. The van der Waals surface area contributed by atoms with Crippen LogP contribution in [0.1, 0.15) is 65.7 Å². The number of aliphatic carboxylic acids is 1. The molecule has 0 radical (unpaired) electrons. The quantitative estimate of drug-likeness (QED) is 0.736. The summed E-state index contributed by atoms with van der Waals surface area (Å²) >= 11 is 0. The van der Waals surface area contributed by atoms with Crippen LogP contribution in [0.2, 0.25) is 0 Å². The molecule has 0 bridgehead atoms. The zero-order valence-corrected chi connectivity index (χ0v) is 13.0. The first kappa shape index (κ1) is 17.0. The van der Waals surface area contributed by atoms with Crippen LogP contribution >= 0.6 is 0 Å². The fourth-order valence-electron chi connectivity index (χ4n) is 3.14. The molecule has 4 heteroatoms. The summed E-state index contributed by atoms with van der Waals surface area (Å²) in [7, 11) is 0. The molecule has 0 heterocycles. The molecule has 0 aromatic rings. The molecule has 1 amide bonds. The van der Waals surface area contributed by atoms with Gasteiger partial charge >= 0.3 is 5.97 Å². The SMILES string of the molecule is CCCC(C(=O)N[C@H]1CCCCC[C@H]1C(=O)O)C(C)C. The number of hydrogen-bond acceptors (Lipinski definition) is 2. The van der Waals surface area contributed by atoms with E-state index < -0.39 is 11.9 Å². The Morgan fingerprint density at radius 1 is 1.20 bits per heavy atom. The van der Waals surface area contributed by atoms with Gasteiger partial charge in [-0.25, -0.2) is 0 Å². The molecule has 0 spiro atoms. The minimum atomic E-state index is -0.770. The van der Waals surface area contributed by atoms with Gasteiger partial charge in [0.25, 0.3) is 0 Å². The lowest BCUT2D eigenvalue weighted by Gasteiger charge is -2.27. The molecule has 1 aliphatic carbocycles. The Morgan fingerprint density at radius 2 is 1.85 bits per heavy atom.